The summed E-state index contributed by atoms with van der Waals surface area (Å²) in [6.45, 7) is 10.6. The standard InChI is InChI=1S/C19H28N4O.HI/c1-4-20-18(22-11-19(3)12-24-13-19)21-10-9-15-14(2)23-17-8-6-5-7-16(15)17;/h5-8,23H,4,9-13H2,1-3H3,(H2,20,21,22);1H. The molecule has 5 nitrogen and oxygen atoms in total. The lowest BCUT2D eigenvalue weighted by Gasteiger charge is -2.36. The first kappa shape index (κ1) is 20.0. The quantitative estimate of drug-likeness (QED) is 0.356. The molecule has 1 aliphatic rings. The van der Waals surface area contributed by atoms with E-state index in [-0.39, 0.29) is 29.4 Å². The highest BCUT2D eigenvalue weighted by molar-refractivity contribution is 14.0. The monoisotopic (exact) mass is 456 g/mol. The van der Waals surface area contributed by atoms with E-state index >= 15 is 0 Å². The number of nitrogens with zero attached hydrogens (tertiary/aromatic N) is 1. The van der Waals surface area contributed by atoms with Crippen LogP contribution in [-0.2, 0) is 11.2 Å². The Morgan fingerprint density at radius 3 is 2.72 bits per heavy atom. The first-order valence-corrected chi connectivity index (χ1v) is 8.77. The number of fused-ring (bicyclic) bond motifs is 1. The van der Waals surface area contributed by atoms with Crippen molar-refractivity contribution in [2.75, 3.05) is 32.8 Å². The van der Waals surface area contributed by atoms with E-state index < -0.39 is 0 Å². The van der Waals surface area contributed by atoms with Crippen molar-refractivity contribution in [3.63, 3.8) is 0 Å². The van der Waals surface area contributed by atoms with Crippen LogP contribution >= 0.6 is 24.0 Å². The van der Waals surface area contributed by atoms with Gasteiger partial charge in [-0.2, -0.15) is 0 Å². The van der Waals surface area contributed by atoms with Crippen LogP contribution in [0.2, 0.25) is 0 Å². The predicted octanol–water partition coefficient (Wildman–Crippen LogP) is 3.23. The number of hydrogen-bond acceptors (Lipinski definition) is 2. The second-order valence-electron chi connectivity index (χ2n) is 6.95. The fraction of sp³-hybridized carbons (Fsp3) is 0.526. The Morgan fingerprint density at radius 1 is 1.28 bits per heavy atom. The number of ether oxygens (including phenoxy) is 1. The van der Waals surface area contributed by atoms with Crippen LogP contribution in [-0.4, -0.2) is 43.8 Å². The number of halogens is 1. The lowest BCUT2D eigenvalue weighted by Crippen LogP contribution is -2.44. The molecule has 0 amide bonds. The first-order chi connectivity index (χ1) is 11.6. The van der Waals surface area contributed by atoms with Gasteiger partial charge in [-0.15, -0.1) is 24.0 Å². The number of aromatic amines is 1. The molecule has 1 saturated heterocycles. The number of aromatic nitrogens is 1. The summed E-state index contributed by atoms with van der Waals surface area (Å²) in [6, 6.07) is 8.48. The summed E-state index contributed by atoms with van der Waals surface area (Å²) >= 11 is 0. The van der Waals surface area contributed by atoms with Crippen molar-refractivity contribution in [3.05, 3.63) is 35.5 Å². The van der Waals surface area contributed by atoms with Gasteiger partial charge in [0.25, 0.3) is 0 Å². The number of benzene rings is 1. The van der Waals surface area contributed by atoms with E-state index in [1.165, 1.54) is 22.2 Å². The third-order valence-electron chi connectivity index (χ3n) is 4.56. The second kappa shape index (κ2) is 8.89. The van der Waals surface area contributed by atoms with E-state index in [9.17, 15) is 0 Å². The van der Waals surface area contributed by atoms with Crippen molar-refractivity contribution in [1.29, 1.82) is 0 Å². The molecule has 3 N–H and O–H groups in total. The van der Waals surface area contributed by atoms with Crippen molar-refractivity contribution < 1.29 is 4.74 Å². The topological polar surface area (TPSA) is 61.4 Å². The van der Waals surface area contributed by atoms with Gasteiger partial charge in [0.05, 0.1) is 19.8 Å². The van der Waals surface area contributed by atoms with Gasteiger partial charge in [0.15, 0.2) is 5.96 Å². The molecule has 1 fully saturated rings. The number of H-pyrrole nitrogens is 1. The third kappa shape index (κ3) is 4.88. The van der Waals surface area contributed by atoms with Gasteiger partial charge in [0, 0.05) is 35.1 Å². The van der Waals surface area contributed by atoms with E-state index in [0.717, 1.165) is 45.2 Å². The highest BCUT2D eigenvalue weighted by atomic mass is 127. The average Bonchev–Trinajstić information content (AvgIpc) is 2.86. The van der Waals surface area contributed by atoms with Gasteiger partial charge >= 0.3 is 0 Å². The lowest BCUT2D eigenvalue weighted by molar-refractivity contribution is -0.0945. The molecule has 0 unspecified atom stereocenters. The van der Waals surface area contributed by atoms with Gasteiger partial charge in [0.2, 0.25) is 0 Å². The molecule has 0 radical (unpaired) electrons. The molecule has 1 aliphatic heterocycles. The van der Waals surface area contributed by atoms with Crippen LogP contribution in [0.1, 0.15) is 25.1 Å². The van der Waals surface area contributed by atoms with Gasteiger partial charge < -0.3 is 20.4 Å². The molecule has 3 rings (SSSR count). The van der Waals surface area contributed by atoms with Crippen LogP contribution in [0.25, 0.3) is 10.9 Å². The highest BCUT2D eigenvalue weighted by Crippen LogP contribution is 2.26. The Morgan fingerprint density at radius 2 is 2.04 bits per heavy atom. The molecule has 0 saturated carbocycles. The summed E-state index contributed by atoms with van der Waals surface area (Å²) in [5, 5.41) is 8.10. The minimum Gasteiger partial charge on any atom is -0.380 e. The molecule has 2 heterocycles. The average molecular weight is 456 g/mol. The molecule has 0 spiro atoms. The zero-order valence-electron chi connectivity index (χ0n) is 15.3. The number of para-hydroxylation sites is 1. The van der Waals surface area contributed by atoms with Crippen LogP contribution in [0.3, 0.4) is 0 Å². The fourth-order valence-electron chi connectivity index (χ4n) is 3.12. The molecule has 25 heavy (non-hydrogen) atoms. The Hall–Kier alpha value is -1.28. The number of rotatable bonds is 6. The molecule has 0 aliphatic carbocycles. The second-order valence-corrected chi connectivity index (χ2v) is 6.95. The van der Waals surface area contributed by atoms with E-state index in [0.29, 0.717) is 0 Å². The van der Waals surface area contributed by atoms with Gasteiger partial charge in [-0.05, 0) is 31.9 Å². The Labute approximate surface area is 167 Å². The van der Waals surface area contributed by atoms with E-state index in [2.05, 4.69) is 60.7 Å². The third-order valence-corrected chi connectivity index (χ3v) is 4.56. The van der Waals surface area contributed by atoms with Crippen LogP contribution in [0, 0.1) is 12.3 Å². The van der Waals surface area contributed by atoms with Crippen molar-refractivity contribution in [2.24, 2.45) is 10.4 Å². The molecule has 0 bridgehead atoms. The summed E-state index contributed by atoms with van der Waals surface area (Å²) in [4.78, 5) is 8.18. The van der Waals surface area contributed by atoms with Crippen LogP contribution in [0.4, 0.5) is 0 Å². The first-order valence-electron chi connectivity index (χ1n) is 8.77. The number of guanidine groups is 1. The zero-order chi connectivity index (χ0) is 17.0. The van der Waals surface area contributed by atoms with E-state index in [4.69, 9.17) is 9.73 Å². The summed E-state index contributed by atoms with van der Waals surface area (Å²) in [5.74, 6) is 0.892. The van der Waals surface area contributed by atoms with Crippen LogP contribution in [0.15, 0.2) is 29.3 Å². The summed E-state index contributed by atoms with van der Waals surface area (Å²) in [6.07, 6.45) is 0.973. The minimum atomic E-state index is 0. The van der Waals surface area contributed by atoms with Crippen LogP contribution < -0.4 is 10.6 Å². The molecule has 1 aromatic carbocycles. The molecule has 6 heteroatoms. The molecular weight excluding hydrogens is 427 g/mol. The van der Waals surface area contributed by atoms with Crippen molar-refractivity contribution in [1.82, 2.24) is 15.6 Å². The van der Waals surface area contributed by atoms with Crippen molar-refractivity contribution >= 4 is 40.8 Å². The molecule has 1 aromatic heterocycles. The minimum absolute atomic E-state index is 0. The molecule has 138 valence electrons. The highest BCUT2D eigenvalue weighted by Gasteiger charge is 2.33. The number of aliphatic imine (C=N–C) groups is 1. The number of aryl methyl sites for hydroxylation is 1. The summed E-state index contributed by atoms with van der Waals surface area (Å²) in [5.41, 5.74) is 4.05. The maximum Gasteiger partial charge on any atom is 0.191 e. The molecule has 0 atom stereocenters. The van der Waals surface area contributed by atoms with Crippen molar-refractivity contribution in [2.45, 2.75) is 27.2 Å². The number of hydrogen-bond donors (Lipinski definition) is 3. The Bertz CT molecular complexity index is 721. The Kier molecular flexibility index (Phi) is 7.13. The zero-order valence-corrected chi connectivity index (χ0v) is 17.6. The maximum atomic E-state index is 5.30. The lowest BCUT2D eigenvalue weighted by atomic mass is 9.89. The van der Waals surface area contributed by atoms with Crippen LogP contribution in [0.5, 0.6) is 0 Å². The van der Waals surface area contributed by atoms with E-state index in [1.807, 2.05) is 0 Å². The summed E-state index contributed by atoms with van der Waals surface area (Å²) < 4.78 is 5.30. The summed E-state index contributed by atoms with van der Waals surface area (Å²) in [7, 11) is 0. The normalized spacial score (nSPS) is 16.2. The van der Waals surface area contributed by atoms with Gasteiger partial charge in [-0.25, -0.2) is 0 Å². The fourth-order valence-corrected chi connectivity index (χ4v) is 3.12. The maximum absolute atomic E-state index is 5.30. The van der Waals surface area contributed by atoms with E-state index in [1.54, 1.807) is 0 Å². The molecule has 2 aromatic rings. The number of nitrogens with one attached hydrogen (secondary N) is 3. The SMILES string of the molecule is CCNC(=NCC1(C)COC1)NCCc1c(C)[nH]c2ccccc12.I. The molecular formula is C19H29IN4O. The van der Waals surface area contributed by atoms with Gasteiger partial charge in [0.1, 0.15) is 0 Å². The van der Waals surface area contributed by atoms with Crippen molar-refractivity contribution in [3.8, 4) is 0 Å². The van der Waals surface area contributed by atoms with Gasteiger partial charge in [-0.1, -0.05) is 25.1 Å². The smallest absolute Gasteiger partial charge is 0.191 e. The predicted molar refractivity (Wildman–Crippen MR) is 115 cm³/mol. The Balaban J connectivity index is 0.00000225. The largest absolute Gasteiger partial charge is 0.380 e. The van der Waals surface area contributed by atoms with Gasteiger partial charge in [-0.3, -0.25) is 4.99 Å².